The molecule has 0 amide bonds. The highest BCUT2D eigenvalue weighted by atomic mass is 32.1. The molecule has 17 heavy (non-hydrogen) atoms. The summed E-state index contributed by atoms with van der Waals surface area (Å²) in [5.41, 5.74) is 0.683. The highest BCUT2D eigenvalue weighted by Gasteiger charge is 2.38. The standard InChI is InChI=1S/C8H7F3N4OS/c9-8(10,11)6(16)3-15-13-7(12-14-15)5-1-2-17-4-5/h1-2,4,6,16H,3H2. The van der Waals surface area contributed by atoms with Crippen LogP contribution in [0.3, 0.4) is 0 Å². The number of aromatic nitrogens is 4. The molecule has 2 aromatic heterocycles. The molecule has 0 spiro atoms. The number of alkyl halides is 3. The van der Waals surface area contributed by atoms with Crippen molar-refractivity contribution < 1.29 is 18.3 Å². The minimum Gasteiger partial charge on any atom is -0.382 e. The molecule has 92 valence electrons. The maximum atomic E-state index is 12.1. The summed E-state index contributed by atoms with van der Waals surface area (Å²) in [6.45, 7) is -0.763. The molecule has 0 fully saturated rings. The average molecular weight is 264 g/mol. The van der Waals surface area contributed by atoms with Crippen LogP contribution in [0.5, 0.6) is 0 Å². The monoisotopic (exact) mass is 264 g/mol. The number of thiophene rings is 1. The van der Waals surface area contributed by atoms with Crippen molar-refractivity contribution in [1.29, 1.82) is 0 Å². The van der Waals surface area contributed by atoms with Crippen molar-refractivity contribution in [2.45, 2.75) is 18.8 Å². The summed E-state index contributed by atoms with van der Waals surface area (Å²) >= 11 is 1.42. The average Bonchev–Trinajstić information content (AvgIpc) is 2.83. The van der Waals surface area contributed by atoms with Crippen molar-refractivity contribution in [3.63, 3.8) is 0 Å². The first-order chi connectivity index (χ1) is 7.97. The summed E-state index contributed by atoms with van der Waals surface area (Å²) < 4.78 is 36.2. The van der Waals surface area contributed by atoms with E-state index < -0.39 is 18.8 Å². The second-order valence-electron chi connectivity index (χ2n) is 3.24. The van der Waals surface area contributed by atoms with Gasteiger partial charge < -0.3 is 5.11 Å². The van der Waals surface area contributed by atoms with Crippen LogP contribution in [-0.2, 0) is 6.54 Å². The molecule has 2 aromatic rings. The highest BCUT2D eigenvalue weighted by molar-refractivity contribution is 7.08. The zero-order chi connectivity index (χ0) is 12.5. The van der Waals surface area contributed by atoms with E-state index in [1.165, 1.54) is 11.3 Å². The topological polar surface area (TPSA) is 63.8 Å². The first-order valence-electron chi connectivity index (χ1n) is 4.52. The first kappa shape index (κ1) is 12.0. The van der Waals surface area contributed by atoms with E-state index in [2.05, 4.69) is 15.4 Å². The molecule has 0 aliphatic heterocycles. The summed E-state index contributed by atoms with van der Waals surface area (Å²) in [4.78, 5) is 0.727. The van der Waals surface area contributed by atoms with Gasteiger partial charge in [0.05, 0.1) is 6.54 Å². The van der Waals surface area contributed by atoms with Gasteiger partial charge >= 0.3 is 6.18 Å². The van der Waals surface area contributed by atoms with E-state index in [9.17, 15) is 13.2 Å². The van der Waals surface area contributed by atoms with Gasteiger partial charge in [-0.2, -0.15) is 29.3 Å². The van der Waals surface area contributed by atoms with E-state index in [-0.39, 0.29) is 5.82 Å². The minimum absolute atomic E-state index is 0.237. The Kier molecular flexibility index (Phi) is 3.11. The van der Waals surface area contributed by atoms with Crippen molar-refractivity contribution in [2.24, 2.45) is 0 Å². The van der Waals surface area contributed by atoms with Crippen LogP contribution in [-0.4, -0.2) is 37.6 Å². The predicted octanol–water partition coefficient (Wildman–Crippen LogP) is 1.32. The van der Waals surface area contributed by atoms with Crippen molar-refractivity contribution in [3.05, 3.63) is 16.8 Å². The van der Waals surface area contributed by atoms with Gasteiger partial charge in [-0.25, -0.2) is 0 Å². The van der Waals surface area contributed by atoms with Crippen LogP contribution in [0.1, 0.15) is 0 Å². The van der Waals surface area contributed by atoms with Crippen molar-refractivity contribution in [3.8, 4) is 11.4 Å². The number of hydrogen-bond acceptors (Lipinski definition) is 5. The van der Waals surface area contributed by atoms with Gasteiger partial charge in [0.15, 0.2) is 6.10 Å². The van der Waals surface area contributed by atoms with Gasteiger partial charge in [-0.3, -0.25) is 0 Å². The van der Waals surface area contributed by atoms with Gasteiger partial charge in [0.1, 0.15) is 0 Å². The lowest BCUT2D eigenvalue weighted by molar-refractivity contribution is -0.208. The summed E-state index contributed by atoms with van der Waals surface area (Å²) in [5.74, 6) is 0.237. The third-order valence-corrected chi connectivity index (χ3v) is 2.63. The smallest absolute Gasteiger partial charge is 0.382 e. The van der Waals surface area contributed by atoms with Crippen LogP contribution in [0.25, 0.3) is 11.4 Å². The second-order valence-corrected chi connectivity index (χ2v) is 4.02. The number of aliphatic hydroxyl groups is 1. The van der Waals surface area contributed by atoms with Crippen molar-refractivity contribution in [2.75, 3.05) is 0 Å². The molecule has 1 atom stereocenters. The van der Waals surface area contributed by atoms with Crippen LogP contribution in [0, 0.1) is 0 Å². The molecule has 0 bridgehead atoms. The summed E-state index contributed by atoms with van der Waals surface area (Å²) in [6, 6.07) is 1.73. The number of tetrazole rings is 1. The molecule has 0 radical (unpaired) electrons. The van der Waals surface area contributed by atoms with E-state index in [1.54, 1.807) is 16.8 Å². The molecule has 1 N–H and O–H groups in total. The largest absolute Gasteiger partial charge is 0.416 e. The third kappa shape index (κ3) is 2.80. The van der Waals surface area contributed by atoms with Gasteiger partial charge in [-0.15, -0.1) is 10.2 Å². The Morgan fingerprint density at radius 3 is 2.82 bits per heavy atom. The lowest BCUT2D eigenvalue weighted by Gasteiger charge is -2.12. The van der Waals surface area contributed by atoms with Crippen LogP contribution < -0.4 is 0 Å². The molecule has 2 rings (SSSR count). The fraction of sp³-hybridized carbons (Fsp3) is 0.375. The maximum Gasteiger partial charge on any atom is 0.416 e. The predicted molar refractivity (Wildman–Crippen MR) is 53.2 cm³/mol. The van der Waals surface area contributed by atoms with Crippen LogP contribution in [0.15, 0.2) is 16.8 Å². The van der Waals surface area contributed by atoms with E-state index in [4.69, 9.17) is 5.11 Å². The quantitative estimate of drug-likeness (QED) is 0.908. The van der Waals surface area contributed by atoms with Crippen molar-refractivity contribution >= 4 is 11.3 Å². The minimum atomic E-state index is -4.68. The molecule has 5 nitrogen and oxygen atoms in total. The third-order valence-electron chi connectivity index (χ3n) is 1.95. The van der Waals surface area contributed by atoms with Gasteiger partial charge in [-0.1, -0.05) is 0 Å². The van der Waals surface area contributed by atoms with Crippen LogP contribution in [0.4, 0.5) is 13.2 Å². The van der Waals surface area contributed by atoms with Crippen LogP contribution in [0.2, 0.25) is 0 Å². The summed E-state index contributed by atoms with van der Waals surface area (Å²) in [5, 5.41) is 23.2. The molecule has 2 heterocycles. The molecule has 0 aliphatic carbocycles. The molecule has 0 aromatic carbocycles. The molecule has 0 saturated carbocycles. The number of rotatable bonds is 3. The van der Waals surface area contributed by atoms with Crippen LogP contribution >= 0.6 is 11.3 Å². The lowest BCUT2D eigenvalue weighted by Crippen LogP contribution is -2.33. The Balaban J connectivity index is 2.09. The van der Waals surface area contributed by atoms with E-state index in [0.717, 1.165) is 4.80 Å². The SMILES string of the molecule is OC(Cn1nnc(-c2ccsc2)n1)C(F)(F)F. The maximum absolute atomic E-state index is 12.1. The highest BCUT2D eigenvalue weighted by Crippen LogP contribution is 2.21. The Morgan fingerprint density at radius 1 is 1.47 bits per heavy atom. The van der Waals surface area contributed by atoms with Gasteiger partial charge in [0, 0.05) is 10.9 Å². The Bertz CT molecular complexity index is 481. The Morgan fingerprint density at radius 2 is 2.24 bits per heavy atom. The normalized spacial score (nSPS) is 13.9. The molecule has 1 unspecified atom stereocenters. The number of nitrogens with zero attached hydrogens (tertiary/aromatic N) is 4. The van der Waals surface area contributed by atoms with Gasteiger partial charge in [0.2, 0.25) is 5.82 Å². The zero-order valence-electron chi connectivity index (χ0n) is 8.29. The Labute approximate surface area is 97.5 Å². The summed E-state index contributed by atoms with van der Waals surface area (Å²) in [7, 11) is 0. The Hall–Kier alpha value is -1.48. The first-order valence-corrected chi connectivity index (χ1v) is 5.46. The van der Waals surface area contributed by atoms with Gasteiger partial charge in [-0.05, 0) is 16.7 Å². The molecule has 0 saturated heterocycles. The fourth-order valence-corrected chi connectivity index (χ4v) is 1.72. The number of hydrogen-bond donors (Lipinski definition) is 1. The fourth-order valence-electron chi connectivity index (χ4n) is 1.09. The van der Waals surface area contributed by atoms with E-state index in [0.29, 0.717) is 5.56 Å². The molecule has 9 heteroatoms. The van der Waals surface area contributed by atoms with E-state index in [1.807, 2.05) is 0 Å². The van der Waals surface area contributed by atoms with Gasteiger partial charge in [0.25, 0.3) is 0 Å². The molecular weight excluding hydrogens is 257 g/mol. The number of aliphatic hydroxyl groups excluding tert-OH is 1. The molecular formula is C8H7F3N4OS. The van der Waals surface area contributed by atoms with Crippen molar-refractivity contribution in [1.82, 2.24) is 20.2 Å². The summed E-state index contributed by atoms with van der Waals surface area (Å²) in [6.07, 6.45) is -7.18. The van der Waals surface area contributed by atoms with E-state index >= 15 is 0 Å². The number of halogens is 3. The zero-order valence-corrected chi connectivity index (χ0v) is 9.11. The lowest BCUT2D eigenvalue weighted by atomic mass is 10.3. The molecule has 0 aliphatic rings. The second kappa shape index (κ2) is 4.41.